The van der Waals surface area contributed by atoms with Crippen molar-refractivity contribution in [3.05, 3.63) is 35.9 Å². The number of amides is 2. The van der Waals surface area contributed by atoms with Crippen molar-refractivity contribution >= 4 is 17.8 Å². The van der Waals surface area contributed by atoms with E-state index in [2.05, 4.69) is 17.4 Å². The molecule has 0 radical (unpaired) electrons. The van der Waals surface area contributed by atoms with Crippen molar-refractivity contribution in [1.29, 1.82) is 0 Å². The Morgan fingerprint density at radius 3 is 2.62 bits per heavy atom. The Hall–Kier alpha value is -2.37. The van der Waals surface area contributed by atoms with Crippen LogP contribution in [0, 0.1) is 0 Å². The van der Waals surface area contributed by atoms with E-state index in [9.17, 15) is 14.4 Å². The van der Waals surface area contributed by atoms with Gasteiger partial charge in [-0.1, -0.05) is 36.8 Å². The Morgan fingerprint density at radius 1 is 1.12 bits per heavy atom. The first kappa shape index (κ1) is 18.4. The number of likely N-dealkylation sites (tertiary alicyclic amines) is 1. The van der Waals surface area contributed by atoms with Crippen molar-refractivity contribution in [2.45, 2.75) is 43.9 Å². The van der Waals surface area contributed by atoms with E-state index in [1.165, 1.54) is 10.5 Å². The number of carbonyl (C=O) groups excluding carboxylic acids is 3. The summed E-state index contributed by atoms with van der Waals surface area (Å²) < 4.78 is 5.04. The van der Waals surface area contributed by atoms with E-state index in [-0.39, 0.29) is 30.4 Å². The van der Waals surface area contributed by atoms with Gasteiger partial charge >= 0.3 is 5.97 Å². The first-order chi connectivity index (χ1) is 12.6. The zero-order chi connectivity index (χ0) is 18.4. The molecule has 140 valence electrons. The Balaban J connectivity index is 1.39. The molecule has 1 heterocycles. The van der Waals surface area contributed by atoms with Gasteiger partial charge in [0, 0.05) is 24.9 Å². The number of hydrogen-bond acceptors (Lipinski definition) is 4. The lowest BCUT2D eigenvalue weighted by molar-refractivity contribution is -0.152. The van der Waals surface area contributed by atoms with Crippen LogP contribution >= 0.6 is 0 Å². The molecular formula is C20H26N2O4. The van der Waals surface area contributed by atoms with Gasteiger partial charge in [-0.2, -0.15) is 0 Å². The molecule has 1 aliphatic carbocycles. The van der Waals surface area contributed by atoms with Crippen LogP contribution in [0.4, 0.5) is 0 Å². The number of nitrogens with one attached hydrogen (secondary N) is 1. The summed E-state index contributed by atoms with van der Waals surface area (Å²) in [6.45, 7) is 0.767. The molecule has 26 heavy (non-hydrogen) atoms. The van der Waals surface area contributed by atoms with Crippen LogP contribution in [-0.4, -0.2) is 48.9 Å². The predicted octanol–water partition coefficient (Wildman–Crippen LogP) is 1.78. The van der Waals surface area contributed by atoms with Crippen molar-refractivity contribution in [2.75, 3.05) is 26.2 Å². The van der Waals surface area contributed by atoms with Crippen LogP contribution in [0.5, 0.6) is 0 Å². The van der Waals surface area contributed by atoms with E-state index >= 15 is 0 Å². The highest BCUT2D eigenvalue weighted by Gasteiger charge is 2.44. The Morgan fingerprint density at radius 2 is 1.88 bits per heavy atom. The highest BCUT2D eigenvalue weighted by molar-refractivity contribution is 5.84. The lowest BCUT2D eigenvalue weighted by atomic mass is 9.96. The zero-order valence-corrected chi connectivity index (χ0v) is 15.0. The van der Waals surface area contributed by atoms with E-state index in [0.717, 1.165) is 32.1 Å². The average Bonchev–Trinajstić information content (AvgIpc) is 3.46. The van der Waals surface area contributed by atoms with Gasteiger partial charge in [-0.25, -0.2) is 0 Å². The average molecular weight is 358 g/mol. The first-order valence-corrected chi connectivity index (χ1v) is 9.35. The molecule has 0 aromatic heterocycles. The Labute approximate surface area is 153 Å². The highest BCUT2D eigenvalue weighted by atomic mass is 16.5. The molecule has 1 aromatic rings. The van der Waals surface area contributed by atoms with Gasteiger partial charge in [0.05, 0.1) is 0 Å². The number of ether oxygens (including phenoxy) is 1. The minimum atomic E-state index is -0.528. The minimum absolute atomic E-state index is 0.0116. The maximum Gasteiger partial charge on any atom is 0.326 e. The summed E-state index contributed by atoms with van der Waals surface area (Å²) in [4.78, 5) is 37.3. The van der Waals surface area contributed by atoms with Gasteiger partial charge in [0.1, 0.15) is 6.54 Å². The lowest BCUT2D eigenvalue weighted by Crippen LogP contribution is -2.38. The molecule has 1 aromatic carbocycles. The molecule has 1 saturated carbocycles. The summed E-state index contributed by atoms with van der Waals surface area (Å²) >= 11 is 0. The molecule has 6 nitrogen and oxygen atoms in total. The summed E-state index contributed by atoms with van der Waals surface area (Å²) in [6.07, 6.45) is 5.36. The molecular weight excluding hydrogens is 332 g/mol. The molecule has 2 amide bonds. The fraction of sp³-hybridized carbons (Fsp3) is 0.550. The number of nitrogens with zero attached hydrogens (tertiary/aromatic N) is 1. The second kappa shape index (κ2) is 8.34. The molecule has 1 N–H and O–H groups in total. The normalized spacial score (nSPS) is 18.8. The van der Waals surface area contributed by atoms with E-state index < -0.39 is 5.97 Å². The number of benzene rings is 1. The van der Waals surface area contributed by atoms with Gasteiger partial charge in [0.2, 0.25) is 5.91 Å². The SMILES string of the molecule is O=C(COC(=O)CN1CCCCCC1=O)NCC1(c2ccccc2)CC1. The summed E-state index contributed by atoms with van der Waals surface area (Å²) in [5, 5.41) is 2.86. The first-order valence-electron chi connectivity index (χ1n) is 9.35. The van der Waals surface area contributed by atoms with E-state index in [0.29, 0.717) is 19.5 Å². The number of carbonyl (C=O) groups is 3. The molecule has 3 rings (SSSR count). The third-order valence-corrected chi connectivity index (χ3v) is 5.22. The van der Waals surface area contributed by atoms with Crippen LogP contribution in [-0.2, 0) is 24.5 Å². The molecule has 1 saturated heterocycles. The Kier molecular flexibility index (Phi) is 5.91. The number of hydrogen-bond donors (Lipinski definition) is 1. The molecule has 6 heteroatoms. The van der Waals surface area contributed by atoms with E-state index in [4.69, 9.17) is 4.74 Å². The summed E-state index contributed by atoms with van der Waals surface area (Å²) in [6, 6.07) is 10.1. The van der Waals surface area contributed by atoms with Gasteiger partial charge in [0.15, 0.2) is 6.61 Å². The fourth-order valence-electron chi connectivity index (χ4n) is 3.38. The van der Waals surface area contributed by atoms with Gasteiger partial charge in [-0.15, -0.1) is 0 Å². The minimum Gasteiger partial charge on any atom is -0.454 e. The van der Waals surface area contributed by atoms with Gasteiger partial charge in [-0.3, -0.25) is 14.4 Å². The molecule has 1 aliphatic heterocycles. The lowest BCUT2D eigenvalue weighted by Gasteiger charge is -2.19. The maximum absolute atomic E-state index is 12.0. The van der Waals surface area contributed by atoms with Crippen molar-refractivity contribution in [3.8, 4) is 0 Å². The molecule has 0 bridgehead atoms. The van der Waals surface area contributed by atoms with Gasteiger partial charge in [0.25, 0.3) is 5.91 Å². The molecule has 0 unspecified atom stereocenters. The van der Waals surface area contributed by atoms with E-state index in [1.54, 1.807) is 0 Å². The monoisotopic (exact) mass is 358 g/mol. The number of rotatable bonds is 7. The second-order valence-electron chi connectivity index (χ2n) is 7.21. The third kappa shape index (κ3) is 4.84. The van der Waals surface area contributed by atoms with Crippen LogP contribution in [0.3, 0.4) is 0 Å². The predicted molar refractivity (Wildman–Crippen MR) is 96.4 cm³/mol. The maximum atomic E-state index is 12.0. The van der Waals surface area contributed by atoms with Crippen molar-refractivity contribution in [2.24, 2.45) is 0 Å². The third-order valence-electron chi connectivity index (χ3n) is 5.22. The standard InChI is InChI=1S/C20H26N2O4/c23-17(21-15-20(10-11-20)16-7-3-1-4-8-16)14-26-19(25)13-22-12-6-2-5-9-18(22)24/h1,3-4,7-8H,2,5-6,9-15H2,(H,21,23). The van der Waals surface area contributed by atoms with Gasteiger partial charge < -0.3 is 15.0 Å². The van der Waals surface area contributed by atoms with Crippen LogP contribution in [0.2, 0.25) is 0 Å². The van der Waals surface area contributed by atoms with Crippen molar-refractivity contribution in [1.82, 2.24) is 10.2 Å². The quantitative estimate of drug-likeness (QED) is 0.754. The highest BCUT2D eigenvalue weighted by Crippen LogP contribution is 2.47. The zero-order valence-electron chi connectivity index (χ0n) is 15.0. The van der Waals surface area contributed by atoms with Gasteiger partial charge in [-0.05, 0) is 31.2 Å². The molecule has 2 aliphatic rings. The smallest absolute Gasteiger partial charge is 0.326 e. The largest absolute Gasteiger partial charge is 0.454 e. The molecule has 0 atom stereocenters. The summed E-state index contributed by atoms with van der Waals surface area (Å²) in [7, 11) is 0. The van der Waals surface area contributed by atoms with Crippen molar-refractivity contribution in [3.63, 3.8) is 0 Å². The molecule has 2 fully saturated rings. The second-order valence-corrected chi connectivity index (χ2v) is 7.21. The van der Waals surface area contributed by atoms with Crippen molar-refractivity contribution < 1.29 is 19.1 Å². The topological polar surface area (TPSA) is 75.7 Å². The van der Waals surface area contributed by atoms with Crippen LogP contribution in [0.25, 0.3) is 0 Å². The van der Waals surface area contributed by atoms with Crippen LogP contribution < -0.4 is 5.32 Å². The fourth-order valence-corrected chi connectivity index (χ4v) is 3.38. The molecule has 0 spiro atoms. The summed E-state index contributed by atoms with van der Waals surface area (Å²) in [5.74, 6) is -0.843. The van der Waals surface area contributed by atoms with Crippen LogP contribution in [0.15, 0.2) is 30.3 Å². The van der Waals surface area contributed by atoms with E-state index in [1.807, 2.05) is 18.2 Å². The van der Waals surface area contributed by atoms with Crippen LogP contribution in [0.1, 0.15) is 44.1 Å². The summed E-state index contributed by atoms with van der Waals surface area (Å²) in [5.41, 5.74) is 1.26. The Bertz CT molecular complexity index is 655. The number of esters is 1.